The second kappa shape index (κ2) is 85.3. The lowest BCUT2D eigenvalue weighted by Crippen LogP contribution is -2.40. The summed E-state index contributed by atoms with van der Waals surface area (Å²) in [6, 6.07) is 0. The Bertz CT molecular complexity index is 2160. The number of allylic oxidation sites excluding steroid dienone is 20. The van der Waals surface area contributed by atoms with Gasteiger partial charge in [-0.1, -0.05) is 418 Å². The van der Waals surface area contributed by atoms with E-state index >= 15 is 0 Å². The average molecular weight is 1470 g/mol. The molecule has 0 bridgehead atoms. The number of hydrogen-bond donors (Lipinski definition) is 1. The highest BCUT2D eigenvalue weighted by molar-refractivity contribution is 5.71. The van der Waals surface area contributed by atoms with Crippen molar-refractivity contribution in [3.63, 3.8) is 0 Å². The summed E-state index contributed by atoms with van der Waals surface area (Å²) in [6.07, 6.45) is 120. The van der Waals surface area contributed by atoms with E-state index in [1.807, 2.05) is 21.1 Å². The molecule has 0 aliphatic carbocycles. The molecule has 9 heteroatoms. The summed E-state index contributed by atoms with van der Waals surface area (Å²) in [7, 11) is 6.00. The molecular formula is C96H170NO8+. The summed E-state index contributed by atoms with van der Waals surface area (Å²) in [5, 5.41) is 9.80. The van der Waals surface area contributed by atoms with Gasteiger partial charge in [-0.25, -0.2) is 4.79 Å². The number of carbonyl (C=O) groups is 3. The monoisotopic (exact) mass is 1470 g/mol. The first kappa shape index (κ1) is 101. The maximum Gasteiger partial charge on any atom is 0.361 e. The predicted molar refractivity (Wildman–Crippen MR) is 456 cm³/mol. The quantitative estimate of drug-likeness (QED) is 0.0211. The molecule has 2 unspecified atom stereocenters. The lowest BCUT2D eigenvalue weighted by atomic mass is 10.0. The van der Waals surface area contributed by atoms with E-state index in [9.17, 15) is 19.5 Å². The van der Waals surface area contributed by atoms with Crippen LogP contribution in [0.2, 0.25) is 0 Å². The van der Waals surface area contributed by atoms with Crippen molar-refractivity contribution in [3.05, 3.63) is 122 Å². The van der Waals surface area contributed by atoms with Crippen molar-refractivity contribution < 1.29 is 42.9 Å². The molecule has 0 heterocycles. The molecule has 0 aliphatic heterocycles. The molecule has 2 atom stereocenters. The van der Waals surface area contributed by atoms with Crippen LogP contribution in [-0.2, 0) is 33.3 Å². The number of quaternary nitrogens is 1. The summed E-state index contributed by atoms with van der Waals surface area (Å²) >= 11 is 0. The summed E-state index contributed by atoms with van der Waals surface area (Å²) in [4.78, 5) is 37.8. The molecule has 1 N–H and O–H groups in total. The third-order valence-corrected chi connectivity index (χ3v) is 19.7. The highest BCUT2D eigenvalue weighted by Gasteiger charge is 2.25. The molecule has 0 aliphatic rings. The summed E-state index contributed by atoms with van der Waals surface area (Å²) in [5.41, 5.74) is 0. The van der Waals surface area contributed by atoms with E-state index in [-0.39, 0.29) is 38.2 Å². The Kier molecular flexibility index (Phi) is 81.8. The van der Waals surface area contributed by atoms with Gasteiger partial charge in [-0.15, -0.1) is 0 Å². The average Bonchev–Trinajstić information content (AvgIpc) is 1.97. The minimum Gasteiger partial charge on any atom is -0.477 e. The van der Waals surface area contributed by atoms with Crippen LogP contribution in [0.4, 0.5) is 0 Å². The van der Waals surface area contributed by atoms with Crippen molar-refractivity contribution in [2.24, 2.45) is 0 Å². The molecule has 0 fully saturated rings. The molecule has 0 saturated heterocycles. The largest absolute Gasteiger partial charge is 0.477 e. The third-order valence-electron chi connectivity index (χ3n) is 19.7. The van der Waals surface area contributed by atoms with Gasteiger partial charge in [-0.2, -0.15) is 0 Å². The number of likely N-dealkylation sites (N-methyl/N-ethyl adjacent to an activating group) is 1. The number of unbranched alkanes of at least 4 members (excludes halogenated alkanes) is 48. The van der Waals surface area contributed by atoms with Crippen LogP contribution in [-0.4, -0.2) is 87.4 Å². The van der Waals surface area contributed by atoms with Gasteiger partial charge in [0.2, 0.25) is 0 Å². The maximum absolute atomic E-state index is 13.0. The van der Waals surface area contributed by atoms with E-state index in [1.54, 1.807) is 0 Å². The highest BCUT2D eigenvalue weighted by atomic mass is 16.7. The lowest BCUT2D eigenvalue weighted by Gasteiger charge is -2.25. The fourth-order valence-electron chi connectivity index (χ4n) is 13.0. The molecule has 0 aromatic rings. The minimum absolute atomic E-state index is 0.179. The number of carboxylic acid groups (broad SMARTS) is 1. The van der Waals surface area contributed by atoms with Crippen LogP contribution in [0.25, 0.3) is 0 Å². The number of ether oxygens (including phenoxy) is 4. The van der Waals surface area contributed by atoms with E-state index in [2.05, 4.69) is 135 Å². The van der Waals surface area contributed by atoms with Crippen LogP contribution >= 0.6 is 0 Å². The molecule has 0 aromatic heterocycles. The Balaban J connectivity index is 3.92. The zero-order chi connectivity index (χ0) is 76.0. The molecule has 606 valence electrons. The first-order valence-electron chi connectivity index (χ1n) is 44.7. The number of aliphatic carboxylic acids is 1. The van der Waals surface area contributed by atoms with Crippen molar-refractivity contribution in [2.75, 3.05) is 47.5 Å². The van der Waals surface area contributed by atoms with Crippen LogP contribution < -0.4 is 0 Å². The van der Waals surface area contributed by atoms with Crippen molar-refractivity contribution in [1.82, 2.24) is 0 Å². The van der Waals surface area contributed by atoms with E-state index in [1.165, 1.54) is 283 Å². The Morgan fingerprint density at radius 2 is 0.514 bits per heavy atom. The minimum atomic E-state index is -1.51. The Labute approximate surface area is 650 Å². The fourth-order valence-corrected chi connectivity index (χ4v) is 13.0. The summed E-state index contributed by atoms with van der Waals surface area (Å²) in [6.45, 7) is 4.71. The number of carbonyl (C=O) groups excluding carboxylic acids is 2. The first-order valence-corrected chi connectivity index (χ1v) is 44.7. The number of hydrogen-bond acceptors (Lipinski definition) is 7. The van der Waals surface area contributed by atoms with Gasteiger partial charge < -0.3 is 28.5 Å². The van der Waals surface area contributed by atoms with E-state index in [0.717, 1.165) is 103 Å². The highest BCUT2D eigenvalue weighted by Crippen LogP contribution is 2.20. The van der Waals surface area contributed by atoms with Gasteiger partial charge in [-0.3, -0.25) is 9.59 Å². The molecular weight excluding hydrogens is 1300 g/mol. The van der Waals surface area contributed by atoms with Gasteiger partial charge in [0.05, 0.1) is 34.4 Å². The normalized spacial score (nSPS) is 13.2. The number of nitrogens with zero attached hydrogens (tertiary/aromatic N) is 1. The van der Waals surface area contributed by atoms with Gasteiger partial charge in [0, 0.05) is 12.8 Å². The topological polar surface area (TPSA) is 108 Å². The second-order valence-corrected chi connectivity index (χ2v) is 31.1. The Morgan fingerprint density at radius 1 is 0.286 bits per heavy atom. The van der Waals surface area contributed by atoms with Crippen molar-refractivity contribution in [1.29, 1.82) is 0 Å². The Hall–Kier alpha value is -4.31. The van der Waals surface area contributed by atoms with Crippen molar-refractivity contribution in [2.45, 2.75) is 424 Å². The van der Waals surface area contributed by atoms with Gasteiger partial charge >= 0.3 is 17.9 Å². The van der Waals surface area contributed by atoms with E-state index in [0.29, 0.717) is 17.4 Å². The van der Waals surface area contributed by atoms with E-state index < -0.39 is 18.4 Å². The van der Waals surface area contributed by atoms with Crippen LogP contribution in [0, 0.1) is 0 Å². The number of esters is 2. The first-order chi connectivity index (χ1) is 51.6. The van der Waals surface area contributed by atoms with Crippen LogP contribution in [0.5, 0.6) is 0 Å². The van der Waals surface area contributed by atoms with Gasteiger partial charge in [0.25, 0.3) is 6.29 Å². The maximum atomic E-state index is 13.0. The van der Waals surface area contributed by atoms with Crippen LogP contribution in [0.15, 0.2) is 122 Å². The summed E-state index contributed by atoms with van der Waals surface area (Å²) < 4.78 is 23.1. The summed E-state index contributed by atoms with van der Waals surface area (Å²) in [5.74, 6) is -1.98. The van der Waals surface area contributed by atoms with Crippen LogP contribution in [0.1, 0.15) is 412 Å². The molecule has 0 amide bonds. The third kappa shape index (κ3) is 86.8. The molecule has 0 aromatic carbocycles. The molecule has 0 spiro atoms. The van der Waals surface area contributed by atoms with Crippen molar-refractivity contribution in [3.8, 4) is 0 Å². The number of carboxylic acids is 1. The SMILES string of the molecule is CC/C=C\C/C=C\C/C=C\C/C=C\C/C=C\C/C=C\CCCCCCCCCCCCCCCCCCCCCCC(=O)OC(COC(=O)CCCCCCCCCCCCCCCCCCCCCCCCCCCCCC/C=C\C/C=C\C/C=C\C/C=C\CC)COC(OCC[N+](C)(C)C)C(=O)O. The zero-order valence-corrected chi connectivity index (χ0v) is 69.6. The second-order valence-electron chi connectivity index (χ2n) is 31.1. The Morgan fingerprint density at radius 3 is 0.762 bits per heavy atom. The van der Waals surface area contributed by atoms with Gasteiger partial charge in [-0.05, 0) is 103 Å². The van der Waals surface area contributed by atoms with E-state index in [4.69, 9.17) is 18.9 Å². The molecule has 0 radical (unpaired) electrons. The molecule has 0 saturated carbocycles. The van der Waals surface area contributed by atoms with Crippen molar-refractivity contribution >= 4 is 17.9 Å². The molecule has 105 heavy (non-hydrogen) atoms. The smallest absolute Gasteiger partial charge is 0.361 e. The van der Waals surface area contributed by atoms with Gasteiger partial charge in [0.15, 0.2) is 6.10 Å². The lowest BCUT2D eigenvalue weighted by molar-refractivity contribution is -0.870. The molecule has 0 rings (SSSR count). The standard InChI is InChI=1S/C96H169NO8/c1-6-8-10-12-14-16-18-20-22-24-26-28-30-32-34-36-38-40-42-44-46-47-49-50-52-54-56-58-60-62-64-66-68-70-72-74-76-78-80-82-84-86-93(98)103-90-92(91-104-96(95(100)101)102-89-88-97(3,4)5)105-94(99)87-85-83-81-79-77-75-73-71-69-67-65-63-61-59-57-55-53-51-48-45-43-41-39-37-35-33-31-29-27-25-23-21-19-17-15-13-11-9-7-2/h8-11,14-17,20-23,26-29,33,35,39,41,92,96H,6-7,12-13,18-19,24-25,30-32,34,36-38,40,42-91H2,1-5H3/p+1/b10-8-,11-9-,16-14-,17-15-,22-20-,23-21-,28-26-,29-27-,35-33-,41-39-. The van der Waals surface area contributed by atoms with Crippen LogP contribution in [0.3, 0.4) is 0 Å². The fraction of sp³-hybridized carbons (Fsp3) is 0.760. The number of rotatable bonds is 83. The zero-order valence-electron chi connectivity index (χ0n) is 69.6. The van der Waals surface area contributed by atoms with Gasteiger partial charge in [0.1, 0.15) is 13.2 Å². The predicted octanol–water partition coefficient (Wildman–Crippen LogP) is 29.4. The molecule has 9 nitrogen and oxygen atoms in total.